The lowest BCUT2D eigenvalue weighted by Gasteiger charge is -2.26. The van der Waals surface area contributed by atoms with Gasteiger partial charge in [-0.05, 0) is 12.1 Å². The van der Waals surface area contributed by atoms with Crippen molar-refractivity contribution in [3.8, 4) is 0 Å². The normalized spacial score (nSPS) is 16.0. The van der Waals surface area contributed by atoms with E-state index in [0.29, 0.717) is 11.3 Å². The molecule has 2 aromatic rings. The molecule has 0 aromatic carbocycles. The maximum absolute atomic E-state index is 11.2. The molecule has 0 spiro atoms. The molecule has 3 rings (SSSR count). The number of anilines is 2. The van der Waals surface area contributed by atoms with Crippen molar-refractivity contribution < 1.29 is 14.6 Å². The second-order valence-corrected chi connectivity index (χ2v) is 5.02. The number of nitrogen functional groups attached to an aromatic ring is 1. The first kappa shape index (κ1) is 14.5. The van der Waals surface area contributed by atoms with E-state index in [1.807, 2.05) is 0 Å². The molecule has 0 amide bonds. The molecule has 0 aliphatic carbocycles. The van der Waals surface area contributed by atoms with E-state index in [4.69, 9.17) is 15.6 Å². The number of nitrogens with zero attached hydrogens (tertiary/aromatic N) is 4. The summed E-state index contributed by atoms with van der Waals surface area (Å²) in [6, 6.07) is 3.17. The molecule has 3 heterocycles. The number of pyridine rings is 1. The Hall–Kier alpha value is -2.39. The van der Waals surface area contributed by atoms with Gasteiger partial charge in [-0.15, -0.1) is 5.10 Å². The lowest BCUT2D eigenvalue weighted by molar-refractivity contribution is 0.0398. The number of aromatic nitrogens is 3. The Morgan fingerprint density at radius 3 is 2.91 bits per heavy atom. The summed E-state index contributed by atoms with van der Waals surface area (Å²) in [6.07, 6.45) is 0. The fraction of sp³-hybridized carbons (Fsp3) is 0.462. The minimum atomic E-state index is -1.07. The molecule has 22 heavy (non-hydrogen) atoms. The van der Waals surface area contributed by atoms with Gasteiger partial charge in [-0.25, -0.2) is 9.31 Å². The maximum Gasteiger partial charge on any atom is 0.354 e. The van der Waals surface area contributed by atoms with Gasteiger partial charge in [-0.3, -0.25) is 4.90 Å². The molecule has 9 nitrogen and oxygen atoms in total. The van der Waals surface area contributed by atoms with Crippen LogP contribution in [0.3, 0.4) is 0 Å². The van der Waals surface area contributed by atoms with Gasteiger partial charge in [-0.2, -0.15) is 4.98 Å². The number of ether oxygens (including phenoxy) is 1. The zero-order valence-corrected chi connectivity index (χ0v) is 12.0. The van der Waals surface area contributed by atoms with Crippen LogP contribution >= 0.6 is 0 Å². The highest BCUT2D eigenvalue weighted by Gasteiger charge is 2.15. The van der Waals surface area contributed by atoms with E-state index < -0.39 is 5.97 Å². The first-order chi connectivity index (χ1) is 10.6. The fourth-order valence-electron chi connectivity index (χ4n) is 2.45. The number of aromatic carboxylic acids is 1. The van der Waals surface area contributed by atoms with E-state index in [1.54, 1.807) is 6.07 Å². The lowest BCUT2D eigenvalue weighted by atomic mass is 10.3. The summed E-state index contributed by atoms with van der Waals surface area (Å²) < 4.78 is 6.55. The molecule has 0 radical (unpaired) electrons. The van der Waals surface area contributed by atoms with Crippen LogP contribution in [0.15, 0.2) is 12.1 Å². The summed E-state index contributed by atoms with van der Waals surface area (Å²) in [4.78, 5) is 17.6. The van der Waals surface area contributed by atoms with Gasteiger partial charge in [0.15, 0.2) is 11.3 Å². The number of hydrogen-bond donors (Lipinski definition) is 3. The van der Waals surface area contributed by atoms with Gasteiger partial charge in [0.2, 0.25) is 5.95 Å². The molecular formula is C13H18N6O3. The Morgan fingerprint density at radius 2 is 2.18 bits per heavy atom. The average Bonchev–Trinajstić information content (AvgIpc) is 2.89. The molecule has 0 unspecified atom stereocenters. The lowest BCUT2D eigenvalue weighted by Crippen LogP contribution is -2.39. The summed E-state index contributed by atoms with van der Waals surface area (Å²) in [5.41, 5.74) is 6.74. The Kier molecular flexibility index (Phi) is 4.07. The average molecular weight is 306 g/mol. The Bertz CT molecular complexity index is 680. The number of nitrogens with two attached hydrogens (primary N) is 1. The number of nitrogens with one attached hydrogen (secondary N) is 1. The molecule has 0 atom stereocenters. The highest BCUT2D eigenvalue weighted by atomic mass is 16.5. The molecule has 9 heteroatoms. The van der Waals surface area contributed by atoms with Crippen LogP contribution in [0.1, 0.15) is 10.5 Å². The smallest absolute Gasteiger partial charge is 0.354 e. The zero-order chi connectivity index (χ0) is 15.5. The van der Waals surface area contributed by atoms with Gasteiger partial charge >= 0.3 is 5.97 Å². The van der Waals surface area contributed by atoms with Gasteiger partial charge < -0.3 is 20.9 Å². The van der Waals surface area contributed by atoms with Crippen LogP contribution in [-0.2, 0) is 4.74 Å². The van der Waals surface area contributed by atoms with Gasteiger partial charge in [0.05, 0.1) is 18.9 Å². The van der Waals surface area contributed by atoms with E-state index in [9.17, 15) is 4.79 Å². The monoisotopic (exact) mass is 306 g/mol. The minimum absolute atomic E-state index is 0.0259. The van der Waals surface area contributed by atoms with E-state index in [2.05, 4.69) is 20.3 Å². The van der Waals surface area contributed by atoms with Gasteiger partial charge in [0.25, 0.3) is 0 Å². The number of hydrogen-bond acceptors (Lipinski definition) is 7. The van der Waals surface area contributed by atoms with Crippen LogP contribution in [0.25, 0.3) is 5.65 Å². The van der Waals surface area contributed by atoms with Crippen LogP contribution in [0, 0.1) is 0 Å². The van der Waals surface area contributed by atoms with Crippen LogP contribution in [0.5, 0.6) is 0 Å². The summed E-state index contributed by atoms with van der Waals surface area (Å²) in [5, 5.41) is 16.3. The molecule has 0 bridgehead atoms. The first-order valence-corrected chi connectivity index (χ1v) is 7.07. The van der Waals surface area contributed by atoms with Crippen molar-refractivity contribution in [1.29, 1.82) is 0 Å². The third kappa shape index (κ3) is 2.95. The van der Waals surface area contributed by atoms with Gasteiger partial charge in [0, 0.05) is 26.2 Å². The van der Waals surface area contributed by atoms with E-state index in [0.717, 1.165) is 39.4 Å². The van der Waals surface area contributed by atoms with Crippen molar-refractivity contribution in [3.63, 3.8) is 0 Å². The van der Waals surface area contributed by atoms with Crippen LogP contribution in [0.2, 0.25) is 0 Å². The van der Waals surface area contributed by atoms with Crippen molar-refractivity contribution in [2.45, 2.75) is 0 Å². The second-order valence-electron chi connectivity index (χ2n) is 5.02. The van der Waals surface area contributed by atoms with Crippen LogP contribution < -0.4 is 11.1 Å². The van der Waals surface area contributed by atoms with Crippen molar-refractivity contribution in [3.05, 3.63) is 17.8 Å². The second kappa shape index (κ2) is 6.16. The topological polar surface area (TPSA) is 118 Å². The molecule has 0 saturated carbocycles. The largest absolute Gasteiger partial charge is 0.477 e. The summed E-state index contributed by atoms with van der Waals surface area (Å²) in [7, 11) is 0. The van der Waals surface area contributed by atoms with Crippen molar-refractivity contribution in [1.82, 2.24) is 19.5 Å². The number of carboxylic acid groups (broad SMARTS) is 1. The molecule has 1 aliphatic rings. The highest BCUT2D eigenvalue weighted by Crippen LogP contribution is 2.18. The Labute approximate surface area is 126 Å². The predicted octanol–water partition coefficient (Wildman–Crippen LogP) is -0.246. The van der Waals surface area contributed by atoms with Gasteiger partial charge in [0.1, 0.15) is 0 Å². The van der Waals surface area contributed by atoms with Crippen molar-refractivity contribution in [2.24, 2.45) is 0 Å². The summed E-state index contributed by atoms with van der Waals surface area (Å²) >= 11 is 0. The van der Waals surface area contributed by atoms with E-state index in [-0.39, 0.29) is 11.6 Å². The third-order valence-corrected chi connectivity index (χ3v) is 3.57. The minimum Gasteiger partial charge on any atom is -0.477 e. The first-order valence-electron chi connectivity index (χ1n) is 7.07. The van der Waals surface area contributed by atoms with Crippen LogP contribution in [-0.4, -0.2) is 70.0 Å². The molecule has 4 N–H and O–H groups in total. The number of fused-ring (bicyclic) bond motifs is 1. The van der Waals surface area contributed by atoms with Gasteiger partial charge in [-0.1, -0.05) is 0 Å². The number of rotatable bonds is 5. The molecule has 1 saturated heterocycles. The van der Waals surface area contributed by atoms with Crippen molar-refractivity contribution in [2.75, 3.05) is 50.4 Å². The Balaban J connectivity index is 1.73. The van der Waals surface area contributed by atoms with E-state index >= 15 is 0 Å². The quantitative estimate of drug-likeness (QED) is 0.692. The maximum atomic E-state index is 11.2. The number of carboxylic acids is 1. The molecule has 1 aliphatic heterocycles. The van der Waals surface area contributed by atoms with Crippen LogP contribution in [0.4, 0.5) is 11.6 Å². The van der Waals surface area contributed by atoms with Crippen molar-refractivity contribution >= 4 is 23.3 Å². The summed E-state index contributed by atoms with van der Waals surface area (Å²) in [6.45, 7) is 4.96. The predicted molar refractivity (Wildman–Crippen MR) is 80.1 cm³/mol. The Morgan fingerprint density at radius 1 is 1.41 bits per heavy atom. The molecular weight excluding hydrogens is 288 g/mol. The number of carbonyl (C=O) groups is 1. The zero-order valence-electron chi connectivity index (χ0n) is 12.0. The molecule has 1 fully saturated rings. The van der Waals surface area contributed by atoms with E-state index in [1.165, 1.54) is 10.6 Å². The SMILES string of the molecule is Nc1nc2c(NCCN3CCOCC3)ccc(C(=O)O)n2n1. The molecule has 118 valence electrons. The summed E-state index contributed by atoms with van der Waals surface area (Å²) in [5.74, 6) is -1.03. The fourth-order valence-corrected chi connectivity index (χ4v) is 2.45. The third-order valence-electron chi connectivity index (χ3n) is 3.57. The standard InChI is InChI=1S/C13H18N6O3/c14-13-16-11-9(1-2-10(12(20)21)19(11)17-13)15-3-4-18-5-7-22-8-6-18/h1-2,15H,3-8H2,(H2,14,17)(H,20,21). The molecule has 2 aromatic heterocycles. The number of morpholine rings is 1. The highest BCUT2D eigenvalue weighted by molar-refractivity contribution is 5.88.